The standard InChI is InChI=1S/C12H16BrClN2O3S/c1-8(2)15-12(17)7-16(3)20(18,19)9-4-5-11(14)10(13)6-9/h4-6,8H,7H2,1-3H3,(H,15,17). The van der Waals surface area contributed by atoms with Crippen molar-refractivity contribution in [3.63, 3.8) is 0 Å². The van der Waals surface area contributed by atoms with Crippen LogP contribution in [-0.2, 0) is 14.8 Å². The summed E-state index contributed by atoms with van der Waals surface area (Å²) < 4.78 is 26.1. The zero-order valence-electron chi connectivity index (χ0n) is 11.4. The first-order valence-electron chi connectivity index (χ1n) is 5.85. The first kappa shape index (κ1) is 17.4. The summed E-state index contributed by atoms with van der Waals surface area (Å²) in [6.07, 6.45) is 0. The maximum absolute atomic E-state index is 12.3. The van der Waals surface area contributed by atoms with Gasteiger partial charge in [0.15, 0.2) is 0 Å². The highest BCUT2D eigenvalue weighted by Gasteiger charge is 2.23. The minimum atomic E-state index is -3.73. The van der Waals surface area contributed by atoms with E-state index in [4.69, 9.17) is 11.6 Å². The van der Waals surface area contributed by atoms with Crippen LogP contribution < -0.4 is 5.32 Å². The summed E-state index contributed by atoms with van der Waals surface area (Å²) in [6.45, 7) is 3.38. The molecule has 0 saturated carbocycles. The number of nitrogens with zero attached hydrogens (tertiary/aromatic N) is 1. The number of amides is 1. The van der Waals surface area contributed by atoms with Crippen LogP contribution in [0.2, 0.25) is 5.02 Å². The number of nitrogens with one attached hydrogen (secondary N) is 1. The van der Waals surface area contributed by atoms with Crippen LogP contribution in [0.3, 0.4) is 0 Å². The summed E-state index contributed by atoms with van der Waals surface area (Å²) in [5, 5.41) is 3.06. The lowest BCUT2D eigenvalue weighted by atomic mass is 10.4. The van der Waals surface area contributed by atoms with Crippen LogP contribution in [0.25, 0.3) is 0 Å². The lowest BCUT2D eigenvalue weighted by molar-refractivity contribution is -0.121. The van der Waals surface area contributed by atoms with E-state index in [0.29, 0.717) is 9.50 Å². The largest absolute Gasteiger partial charge is 0.353 e. The van der Waals surface area contributed by atoms with E-state index in [1.165, 1.54) is 25.2 Å². The molecule has 1 rings (SSSR count). The highest BCUT2D eigenvalue weighted by molar-refractivity contribution is 9.10. The summed E-state index contributed by atoms with van der Waals surface area (Å²) in [4.78, 5) is 11.7. The van der Waals surface area contributed by atoms with Crippen LogP contribution >= 0.6 is 27.5 Å². The molecule has 0 aliphatic rings. The van der Waals surface area contributed by atoms with E-state index in [-0.39, 0.29) is 23.4 Å². The first-order valence-corrected chi connectivity index (χ1v) is 8.46. The van der Waals surface area contributed by atoms with Crippen molar-refractivity contribution >= 4 is 43.5 Å². The molecular formula is C12H16BrClN2O3S. The van der Waals surface area contributed by atoms with Crippen LogP contribution in [0.15, 0.2) is 27.6 Å². The maximum atomic E-state index is 12.3. The number of likely N-dealkylation sites (N-methyl/N-ethyl adjacent to an activating group) is 1. The highest BCUT2D eigenvalue weighted by Crippen LogP contribution is 2.26. The monoisotopic (exact) mass is 382 g/mol. The highest BCUT2D eigenvalue weighted by atomic mass is 79.9. The van der Waals surface area contributed by atoms with Crippen molar-refractivity contribution in [3.05, 3.63) is 27.7 Å². The molecule has 0 aliphatic carbocycles. The fourth-order valence-corrected chi connectivity index (χ4v) is 3.27. The lowest BCUT2D eigenvalue weighted by Crippen LogP contribution is -2.40. The third-order valence-corrected chi connectivity index (χ3v) is 5.43. The van der Waals surface area contributed by atoms with E-state index >= 15 is 0 Å². The van der Waals surface area contributed by atoms with Crippen molar-refractivity contribution in [1.29, 1.82) is 0 Å². The van der Waals surface area contributed by atoms with E-state index < -0.39 is 10.0 Å². The van der Waals surface area contributed by atoms with Gasteiger partial charge in [-0.25, -0.2) is 8.42 Å². The third-order valence-electron chi connectivity index (χ3n) is 2.42. The average Bonchev–Trinajstić information content (AvgIpc) is 2.31. The van der Waals surface area contributed by atoms with Gasteiger partial charge in [-0.3, -0.25) is 4.79 Å². The van der Waals surface area contributed by atoms with Crippen molar-refractivity contribution in [2.75, 3.05) is 13.6 Å². The van der Waals surface area contributed by atoms with Crippen molar-refractivity contribution in [1.82, 2.24) is 9.62 Å². The number of carbonyl (C=O) groups is 1. The first-order chi connectivity index (χ1) is 9.14. The number of rotatable bonds is 5. The molecule has 0 atom stereocenters. The molecule has 0 spiro atoms. The van der Waals surface area contributed by atoms with Crippen molar-refractivity contribution in [2.24, 2.45) is 0 Å². The Kier molecular flexibility index (Phi) is 6.00. The number of hydrogen-bond donors (Lipinski definition) is 1. The quantitative estimate of drug-likeness (QED) is 0.848. The zero-order valence-corrected chi connectivity index (χ0v) is 14.5. The fourth-order valence-electron chi connectivity index (χ4n) is 1.47. The van der Waals surface area contributed by atoms with E-state index in [1.807, 2.05) is 13.8 Å². The van der Waals surface area contributed by atoms with Gasteiger partial charge < -0.3 is 5.32 Å². The maximum Gasteiger partial charge on any atom is 0.243 e. The summed E-state index contributed by atoms with van der Waals surface area (Å²) >= 11 is 9.01. The van der Waals surface area contributed by atoms with Crippen LogP contribution in [-0.4, -0.2) is 38.3 Å². The Hall–Kier alpha value is -0.630. The lowest BCUT2D eigenvalue weighted by Gasteiger charge is -2.18. The smallest absolute Gasteiger partial charge is 0.243 e. The van der Waals surface area contributed by atoms with Gasteiger partial charge in [0.25, 0.3) is 0 Å². The topological polar surface area (TPSA) is 66.5 Å². The van der Waals surface area contributed by atoms with Crippen LogP contribution in [0.4, 0.5) is 0 Å². The zero-order chi connectivity index (χ0) is 15.5. The van der Waals surface area contributed by atoms with Crippen molar-refractivity contribution in [3.8, 4) is 0 Å². The number of benzene rings is 1. The Morgan fingerprint density at radius 3 is 2.55 bits per heavy atom. The van der Waals surface area contributed by atoms with Gasteiger partial charge in [0.1, 0.15) is 0 Å². The molecule has 1 N–H and O–H groups in total. The van der Waals surface area contributed by atoms with E-state index in [1.54, 1.807) is 0 Å². The van der Waals surface area contributed by atoms with Crippen molar-refractivity contribution in [2.45, 2.75) is 24.8 Å². The predicted octanol–water partition coefficient (Wildman–Crippen LogP) is 2.25. The average molecular weight is 384 g/mol. The van der Waals surface area contributed by atoms with Gasteiger partial charge in [-0.2, -0.15) is 4.31 Å². The number of halogens is 2. The molecule has 1 aromatic carbocycles. The molecule has 0 bridgehead atoms. The molecule has 0 fully saturated rings. The number of hydrogen-bond acceptors (Lipinski definition) is 3. The van der Waals surface area contributed by atoms with E-state index in [2.05, 4.69) is 21.2 Å². The molecule has 5 nitrogen and oxygen atoms in total. The molecule has 0 aromatic heterocycles. The molecular weight excluding hydrogens is 368 g/mol. The summed E-state index contributed by atoms with van der Waals surface area (Å²) in [5.74, 6) is -0.348. The van der Waals surface area contributed by atoms with Crippen LogP contribution in [0.1, 0.15) is 13.8 Å². The van der Waals surface area contributed by atoms with E-state index in [9.17, 15) is 13.2 Å². The predicted molar refractivity (Wildman–Crippen MR) is 82.2 cm³/mol. The molecule has 1 amide bonds. The van der Waals surface area contributed by atoms with E-state index in [0.717, 1.165) is 4.31 Å². The van der Waals surface area contributed by atoms with Crippen LogP contribution in [0, 0.1) is 0 Å². The molecule has 1 aromatic rings. The van der Waals surface area contributed by atoms with Gasteiger partial charge in [-0.05, 0) is 48.0 Å². The molecule has 0 radical (unpaired) electrons. The van der Waals surface area contributed by atoms with Gasteiger partial charge in [0.05, 0.1) is 16.5 Å². The van der Waals surface area contributed by atoms with Gasteiger partial charge in [0, 0.05) is 17.6 Å². The minimum Gasteiger partial charge on any atom is -0.353 e. The minimum absolute atomic E-state index is 0.0386. The number of sulfonamides is 1. The molecule has 0 aliphatic heterocycles. The molecule has 20 heavy (non-hydrogen) atoms. The van der Waals surface area contributed by atoms with Crippen LogP contribution in [0.5, 0.6) is 0 Å². The summed E-state index contributed by atoms with van der Waals surface area (Å²) in [5.41, 5.74) is 0. The van der Waals surface area contributed by atoms with Gasteiger partial charge >= 0.3 is 0 Å². The second kappa shape index (κ2) is 6.89. The van der Waals surface area contributed by atoms with Gasteiger partial charge in [-0.15, -0.1) is 0 Å². The normalized spacial score (nSPS) is 11.9. The Morgan fingerprint density at radius 1 is 1.45 bits per heavy atom. The second-order valence-corrected chi connectivity index (χ2v) is 7.87. The Morgan fingerprint density at radius 2 is 2.05 bits per heavy atom. The Balaban J connectivity index is 2.92. The van der Waals surface area contributed by atoms with Gasteiger partial charge in [0.2, 0.25) is 15.9 Å². The fraction of sp³-hybridized carbons (Fsp3) is 0.417. The SMILES string of the molecule is CC(C)NC(=O)CN(C)S(=O)(=O)c1ccc(Cl)c(Br)c1. The molecule has 8 heteroatoms. The third kappa shape index (κ3) is 4.44. The van der Waals surface area contributed by atoms with Crippen molar-refractivity contribution < 1.29 is 13.2 Å². The Labute approximate surface area is 132 Å². The molecule has 0 unspecified atom stereocenters. The summed E-state index contributed by atoms with van der Waals surface area (Å²) in [6, 6.07) is 4.26. The second-order valence-electron chi connectivity index (χ2n) is 4.56. The Bertz CT molecular complexity index is 605. The van der Waals surface area contributed by atoms with Gasteiger partial charge in [-0.1, -0.05) is 11.6 Å². The molecule has 0 heterocycles. The molecule has 112 valence electrons. The number of carbonyl (C=O) groups excluding carboxylic acids is 1. The molecule has 0 saturated heterocycles. The summed E-state index contributed by atoms with van der Waals surface area (Å²) in [7, 11) is -2.37.